The van der Waals surface area contributed by atoms with E-state index in [1.165, 1.54) is 12.1 Å². The molecule has 2 fully saturated rings. The maximum Gasteiger partial charge on any atom is 0.244 e. The van der Waals surface area contributed by atoms with Crippen molar-refractivity contribution in [2.24, 2.45) is 0 Å². The minimum Gasteiger partial charge on any atom is -0.490 e. The Morgan fingerprint density at radius 3 is 2.24 bits per heavy atom. The van der Waals surface area contributed by atoms with Crippen LogP contribution in [0, 0.1) is 0 Å². The first-order chi connectivity index (χ1) is 16.3. The highest BCUT2D eigenvalue weighted by Crippen LogP contribution is 2.29. The van der Waals surface area contributed by atoms with Crippen molar-refractivity contribution in [3.63, 3.8) is 0 Å². The predicted octanol–water partition coefficient (Wildman–Crippen LogP) is 3.20. The van der Waals surface area contributed by atoms with E-state index in [1.807, 2.05) is 12.1 Å². The van der Waals surface area contributed by atoms with Crippen LogP contribution in [0.2, 0.25) is 10.0 Å². The second-order valence-corrected chi connectivity index (χ2v) is 11.0. The zero-order valence-electron chi connectivity index (χ0n) is 18.7. The van der Waals surface area contributed by atoms with Crippen molar-refractivity contribution in [2.45, 2.75) is 42.7 Å². The summed E-state index contributed by atoms with van der Waals surface area (Å²) in [7, 11) is -4.00. The molecule has 8 nitrogen and oxygen atoms in total. The molecule has 0 spiro atoms. The van der Waals surface area contributed by atoms with E-state index < -0.39 is 10.0 Å². The van der Waals surface area contributed by atoms with Gasteiger partial charge in [0.05, 0.1) is 16.6 Å². The van der Waals surface area contributed by atoms with Gasteiger partial charge in [0, 0.05) is 44.6 Å². The summed E-state index contributed by atoms with van der Waals surface area (Å²) >= 11 is 12.0. The number of amides is 1. The van der Waals surface area contributed by atoms with Crippen LogP contribution < -0.4 is 9.46 Å². The Morgan fingerprint density at radius 1 is 1.00 bits per heavy atom. The van der Waals surface area contributed by atoms with Crippen LogP contribution in [0.4, 0.5) is 0 Å². The van der Waals surface area contributed by atoms with E-state index in [9.17, 15) is 13.2 Å². The number of halogens is 2. The van der Waals surface area contributed by atoms with E-state index in [0.717, 1.165) is 44.5 Å². The third-order valence-electron chi connectivity index (χ3n) is 6.36. The number of benzene rings is 1. The lowest BCUT2D eigenvalue weighted by molar-refractivity contribution is -0.131. The summed E-state index contributed by atoms with van der Waals surface area (Å²) in [5.74, 6) is 0.599. The van der Waals surface area contributed by atoms with Crippen LogP contribution in [0.5, 0.6) is 5.75 Å². The average Bonchev–Trinajstić information content (AvgIpc) is 2.84. The zero-order chi connectivity index (χ0) is 24.1. The summed E-state index contributed by atoms with van der Waals surface area (Å²) in [6.07, 6.45) is 7.34. The van der Waals surface area contributed by atoms with Crippen molar-refractivity contribution in [3.8, 4) is 5.75 Å². The number of carbonyl (C=O) groups is 1. The normalized spacial score (nSPS) is 18.7. The monoisotopic (exact) mass is 526 g/mol. The predicted molar refractivity (Wildman–Crippen MR) is 131 cm³/mol. The van der Waals surface area contributed by atoms with Gasteiger partial charge in [0.15, 0.2) is 0 Å². The van der Waals surface area contributed by atoms with E-state index in [-0.39, 0.29) is 33.5 Å². The fourth-order valence-corrected chi connectivity index (χ4v) is 6.64. The lowest BCUT2D eigenvalue weighted by Gasteiger charge is -2.41. The lowest BCUT2D eigenvalue weighted by Crippen LogP contribution is -2.51. The molecule has 2 aliphatic heterocycles. The summed E-state index contributed by atoms with van der Waals surface area (Å²) in [4.78, 5) is 20.6. The Labute approximate surface area is 210 Å². The molecule has 0 radical (unpaired) electrons. The maximum atomic E-state index is 12.6. The Morgan fingerprint density at radius 2 is 1.62 bits per heavy atom. The van der Waals surface area contributed by atoms with Crippen molar-refractivity contribution in [2.75, 3.05) is 32.7 Å². The van der Waals surface area contributed by atoms with Crippen molar-refractivity contribution in [1.82, 2.24) is 19.5 Å². The SMILES string of the molecule is O=C(CNS(=O)(=O)c1c(Cl)cccc1Cl)N1CCC(N2CCC(Oc3ccncc3)CC2)CC1. The second-order valence-electron chi connectivity index (χ2n) is 8.52. The number of carbonyl (C=O) groups excluding carboxylic acids is 1. The molecule has 0 atom stereocenters. The topological polar surface area (TPSA) is 91.8 Å². The number of likely N-dealkylation sites (tertiary alicyclic amines) is 2. The van der Waals surface area contributed by atoms with Gasteiger partial charge in [0.2, 0.25) is 15.9 Å². The van der Waals surface area contributed by atoms with Gasteiger partial charge >= 0.3 is 0 Å². The van der Waals surface area contributed by atoms with Gasteiger partial charge in [0.1, 0.15) is 16.7 Å². The van der Waals surface area contributed by atoms with Crippen LogP contribution in [0.15, 0.2) is 47.6 Å². The van der Waals surface area contributed by atoms with Gasteiger partial charge in [-0.25, -0.2) is 13.1 Å². The minimum atomic E-state index is -4.00. The molecule has 0 saturated carbocycles. The molecule has 2 aliphatic rings. The van der Waals surface area contributed by atoms with Crippen molar-refractivity contribution < 1.29 is 17.9 Å². The Balaban J connectivity index is 1.21. The Hall–Kier alpha value is -1.91. The smallest absolute Gasteiger partial charge is 0.244 e. The largest absolute Gasteiger partial charge is 0.490 e. The molecule has 11 heteroatoms. The quantitative estimate of drug-likeness (QED) is 0.595. The number of rotatable bonds is 7. The number of hydrogen-bond acceptors (Lipinski definition) is 6. The number of nitrogens with one attached hydrogen (secondary N) is 1. The zero-order valence-corrected chi connectivity index (χ0v) is 21.0. The molecule has 0 aliphatic carbocycles. The van der Waals surface area contributed by atoms with Crippen LogP contribution in [-0.4, -0.2) is 74.0 Å². The van der Waals surface area contributed by atoms with E-state index in [0.29, 0.717) is 19.1 Å². The highest BCUT2D eigenvalue weighted by Gasteiger charge is 2.31. The standard InChI is InChI=1S/C23H28Cl2N4O4S/c24-20-2-1-3-21(25)23(20)34(31,32)27-16-22(30)29-12-6-17(7-13-29)28-14-8-19(9-15-28)33-18-4-10-26-11-5-18/h1-5,10-11,17,19,27H,6-9,12-16H2. The molecule has 0 unspecified atom stereocenters. The third-order valence-corrected chi connectivity index (χ3v) is 8.72. The first kappa shape index (κ1) is 25.2. The number of pyridine rings is 1. The summed E-state index contributed by atoms with van der Waals surface area (Å²) in [6.45, 7) is 2.81. The van der Waals surface area contributed by atoms with Gasteiger partial charge in [-0.2, -0.15) is 0 Å². The number of nitrogens with zero attached hydrogens (tertiary/aromatic N) is 3. The first-order valence-electron chi connectivity index (χ1n) is 11.4. The van der Waals surface area contributed by atoms with Crippen LogP contribution >= 0.6 is 23.2 Å². The van der Waals surface area contributed by atoms with Gasteiger partial charge in [-0.1, -0.05) is 29.3 Å². The highest BCUT2D eigenvalue weighted by atomic mass is 35.5. The number of sulfonamides is 1. The molecule has 2 aromatic rings. The highest BCUT2D eigenvalue weighted by molar-refractivity contribution is 7.89. The third kappa shape index (κ3) is 6.20. The number of hydrogen-bond donors (Lipinski definition) is 1. The molecular formula is C23H28Cl2N4O4S. The minimum absolute atomic E-state index is 0.0169. The van der Waals surface area contributed by atoms with E-state index >= 15 is 0 Å². The fourth-order valence-electron chi connectivity index (χ4n) is 4.53. The molecular weight excluding hydrogens is 499 g/mol. The Kier molecular flexibility index (Phi) is 8.31. The van der Waals surface area contributed by atoms with Crippen molar-refractivity contribution in [3.05, 3.63) is 52.8 Å². The van der Waals surface area contributed by atoms with Crippen LogP contribution in [0.3, 0.4) is 0 Å². The molecule has 184 valence electrons. The fraction of sp³-hybridized carbons (Fsp3) is 0.478. The number of ether oxygens (including phenoxy) is 1. The first-order valence-corrected chi connectivity index (χ1v) is 13.6. The van der Waals surface area contributed by atoms with E-state index in [4.69, 9.17) is 27.9 Å². The van der Waals surface area contributed by atoms with Crippen molar-refractivity contribution in [1.29, 1.82) is 0 Å². The van der Waals surface area contributed by atoms with Gasteiger partial charge in [-0.05, 0) is 49.9 Å². The molecule has 0 bridgehead atoms. The van der Waals surface area contributed by atoms with Crippen LogP contribution in [-0.2, 0) is 14.8 Å². The van der Waals surface area contributed by atoms with Crippen LogP contribution in [0.1, 0.15) is 25.7 Å². The molecule has 4 rings (SSSR count). The molecule has 1 aromatic heterocycles. The van der Waals surface area contributed by atoms with Crippen LogP contribution in [0.25, 0.3) is 0 Å². The van der Waals surface area contributed by atoms with Crippen molar-refractivity contribution >= 4 is 39.1 Å². The summed E-state index contributed by atoms with van der Waals surface area (Å²) in [5.41, 5.74) is 0. The molecule has 1 amide bonds. The van der Waals surface area contributed by atoms with Gasteiger partial charge in [-0.15, -0.1) is 0 Å². The molecule has 1 aromatic carbocycles. The second kappa shape index (κ2) is 11.2. The Bertz CT molecular complexity index is 1070. The van der Waals surface area contributed by atoms with Gasteiger partial charge < -0.3 is 9.64 Å². The lowest BCUT2D eigenvalue weighted by atomic mass is 9.99. The molecule has 1 N–H and O–H groups in total. The summed E-state index contributed by atoms with van der Waals surface area (Å²) in [6, 6.07) is 8.63. The summed E-state index contributed by atoms with van der Waals surface area (Å²) < 4.78 is 33.6. The van der Waals surface area contributed by atoms with Gasteiger partial charge in [-0.3, -0.25) is 14.7 Å². The summed E-state index contributed by atoms with van der Waals surface area (Å²) in [5, 5.41) is 0.0337. The molecule has 2 saturated heterocycles. The average molecular weight is 527 g/mol. The van der Waals surface area contributed by atoms with E-state index in [1.54, 1.807) is 23.4 Å². The van der Waals surface area contributed by atoms with E-state index in [2.05, 4.69) is 14.6 Å². The molecule has 3 heterocycles. The maximum absolute atomic E-state index is 12.6. The number of aromatic nitrogens is 1. The number of piperidine rings is 2. The van der Waals surface area contributed by atoms with Gasteiger partial charge in [0.25, 0.3) is 0 Å². The molecule has 34 heavy (non-hydrogen) atoms.